The smallest absolute Gasteiger partial charge is 0.272 e. The first-order valence-corrected chi connectivity index (χ1v) is 41.3. The van der Waals surface area contributed by atoms with E-state index in [4.69, 9.17) is 17.3 Å². The second-order valence-corrected chi connectivity index (χ2v) is 31.4. The number of aromatic nitrogens is 3. The molecule has 14 amide bonds. The number of carbonyl (C=O) groups excluding carboxylic acids is 14. The Hall–Kier alpha value is -12.6. The van der Waals surface area contributed by atoms with Crippen molar-refractivity contribution in [3.63, 3.8) is 0 Å². The maximum absolute atomic E-state index is 15.4. The number of aliphatic hydroxyl groups excluding tert-OH is 1. The van der Waals surface area contributed by atoms with E-state index in [1.165, 1.54) is 79.7 Å². The van der Waals surface area contributed by atoms with Crippen molar-refractivity contribution in [1.82, 2.24) is 83.2 Å². The highest BCUT2D eigenvalue weighted by Crippen LogP contribution is 2.23. The Kier molecular flexibility index (Phi) is 37.3. The van der Waals surface area contributed by atoms with Crippen molar-refractivity contribution >= 4 is 111 Å². The summed E-state index contributed by atoms with van der Waals surface area (Å²) in [6, 6.07) is 24.8. The number of aliphatic hydroxyl groups is 1. The van der Waals surface area contributed by atoms with Gasteiger partial charge in [-0.15, -0.1) is 0 Å². The van der Waals surface area contributed by atoms with Crippen LogP contribution in [0.3, 0.4) is 0 Å². The van der Waals surface area contributed by atoms with Crippen LogP contribution in [0.2, 0.25) is 5.02 Å². The average Bonchev–Trinajstić information content (AvgIpc) is 1.52. The van der Waals surface area contributed by atoms with Crippen molar-refractivity contribution in [3.8, 4) is 0 Å². The molecule has 10 atom stereocenters. The highest BCUT2D eigenvalue weighted by atomic mass is 35.5. The summed E-state index contributed by atoms with van der Waals surface area (Å²) in [7, 11) is 1.44. The van der Waals surface area contributed by atoms with Crippen molar-refractivity contribution in [2.24, 2.45) is 11.7 Å². The summed E-state index contributed by atoms with van der Waals surface area (Å²) >= 11 is 6.28. The first kappa shape index (κ1) is 94.9. The number of unbranched alkanes of at least 4 members (excludes halogenated alkanes) is 2. The van der Waals surface area contributed by atoms with E-state index in [0.29, 0.717) is 53.1 Å². The number of primary amides is 1. The number of rotatable bonds is 46. The summed E-state index contributed by atoms with van der Waals surface area (Å²) in [4.78, 5) is 213. The maximum Gasteiger partial charge on any atom is 0.272 e. The summed E-state index contributed by atoms with van der Waals surface area (Å²) in [6.07, 6.45) is 6.95. The molecule has 1 saturated heterocycles. The van der Waals surface area contributed by atoms with Crippen LogP contribution in [-0.2, 0) is 83.2 Å². The largest absolute Gasteiger partial charge is 0.394 e. The van der Waals surface area contributed by atoms with Gasteiger partial charge in [0, 0.05) is 94.3 Å². The van der Waals surface area contributed by atoms with Gasteiger partial charge in [0.2, 0.25) is 70.9 Å². The molecule has 0 aliphatic carbocycles. The summed E-state index contributed by atoms with van der Waals surface area (Å²) < 4.78 is 0. The summed E-state index contributed by atoms with van der Waals surface area (Å²) in [5, 5.41) is 46.7. The zero-order chi connectivity index (χ0) is 88.4. The third kappa shape index (κ3) is 30.6. The van der Waals surface area contributed by atoms with Crippen LogP contribution in [0.1, 0.15) is 143 Å². The number of hydrogen-bond acceptors (Lipinski definition) is 19. The van der Waals surface area contributed by atoms with Crippen molar-refractivity contribution < 1.29 is 72.2 Å². The molecule has 122 heavy (non-hydrogen) atoms. The highest BCUT2D eigenvalue weighted by Gasteiger charge is 2.41. The van der Waals surface area contributed by atoms with E-state index >= 15 is 19.2 Å². The standard InChI is InChI=1S/C88H111ClN18O15/c1-53(2)44-69(80(114)100-68(26-13-14-39-92-54(3)4)88(122)107-43-19-27-75(107)86(120)96-55(5)77(90)111)101-82(116)71(47-58-31-36-64(37-32-58)98-76(110)51-106(7)87(121)67-25-12-16-41-94-67)102-79(113)66(24-11-17-42-95-78(112)65-23-10-15-40-93-65)99-85(119)74(52-108)105-84(118)73(49-60-20-18-38-91-50-60)104-83(117)72(46-57-29-34-63(89)35-30-57)103-81(115)70(97-56(6)109)48-59-28-33-61-21-8-9-22-62(61)45-59/h8-10,12,15-16,18,20-23,25,28-38,40-41,45,50,53-55,66,68-75,92,108H,11,13-14,17,19,24,26-27,39,42-44,46-49,51-52H2,1-7H3,(H2,90,111)(H,95,112)(H,96,120)(H,97,109)(H,98,110)(H,99,119)(H,100,114)(H,101,116)(H,102,113)(H,103,115)(H,104,117)(H,105,118)/t55-,66+,68+,69+,70-,71-,72-,73-,74+,75+/m1/s1. The Balaban J connectivity index is 1.08. The molecule has 7 aromatic rings. The fourth-order valence-electron chi connectivity index (χ4n) is 13.8. The number of likely N-dealkylation sites (N-methyl/N-ethyl adjacent to an activating group) is 1. The van der Waals surface area contributed by atoms with Gasteiger partial charge in [0.05, 0.1) is 13.2 Å². The van der Waals surface area contributed by atoms with Gasteiger partial charge in [-0.2, -0.15) is 0 Å². The lowest BCUT2D eigenvalue weighted by Gasteiger charge is -2.31. The van der Waals surface area contributed by atoms with Crippen molar-refractivity contribution in [1.29, 1.82) is 0 Å². The van der Waals surface area contributed by atoms with Crippen molar-refractivity contribution in [3.05, 3.63) is 203 Å². The van der Waals surface area contributed by atoms with Crippen LogP contribution in [-0.4, -0.2) is 219 Å². The summed E-state index contributed by atoms with van der Waals surface area (Å²) in [5.74, 6) is -10.8. The van der Waals surface area contributed by atoms with Crippen LogP contribution in [0.25, 0.3) is 10.8 Å². The number of fused-ring (bicyclic) bond motifs is 1. The SMILES string of the molecule is CC(=O)N[C@H](Cc1ccc2ccccc2c1)C(=O)N[C@H](Cc1ccc(Cl)cc1)C(=O)N[C@H](Cc1cccnc1)C(=O)N[C@@H](CO)C(=O)N[C@@H](CCCCNC(=O)c1ccccn1)C(=O)N[C@H](Cc1ccc(NC(=O)CN(C)C(=O)c2ccccn2)cc1)C(=O)N[C@@H](CC(C)C)C(=O)N[C@@H](CCCCNC(C)C)C(=O)N1CCC[C@H]1C(=O)N[C@H](C)C(N)=O. The van der Waals surface area contributed by atoms with Crippen LogP contribution in [0, 0.1) is 5.92 Å². The highest BCUT2D eigenvalue weighted by molar-refractivity contribution is 6.30. The first-order valence-electron chi connectivity index (χ1n) is 40.9. The van der Waals surface area contributed by atoms with Gasteiger partial charge in [-0.25, -0.2) is 0 Å². The monoisotopic (exact) mass is 1690 g/mol. The van der Waals surface area contributed by atoms with E-state index in [2.05, 4.69) is 78.8 Å². The molecule has 0 radical (unpaired) electrons. The molecule has 15 N–H and O–H groups in total. The topological polar surface area (TPSA) is 475 Å². The number of hydrogen-bond donors (Lipinski definition) is 14. The number of nitrogens with one attached hydrogen (secondary N) is 12. The third-order valence-corrected chi connectivity index (χ3v) is 20.5. The predicted octanol–water partition coefficient (Wildman–Crippen LogP) is 3.35. The molecule has 3 aromatic heterocycles. The molecule has 0 saturated carbocycles. The molecule has 4 heterocycles. The Labute approximate surface area is 713 Å². The van der Waals surface area contributed by atoms with E-state index in [1.807, 2.05) is 56.3 Å². The Morgan fingerprint density at radius 2 is 1.03 bits per heavy atom. The number of pyridine rings is 3. The van der Waals surface area contributed by atoms with Crippen molar-refractivity contribution in [2.45, 2.75) is 191 Å². The second-order valence-electron chi connectivity index (χ2n) is 31.0. The van der Waals surface area contributed by atoms with Gasteiger partial charge in [0.15, 0.2) is 0 Å². The first-order chi connectivity index (χ1) is 58.4. The second kappa shape index (κ2) is 48.0. The summed E-state index contributed by atoms with van der Waals surface area (Å²) in [6.45, 7) is 9.55. The lowest BCUT2D eigenvalue weighted by atomic mass is 9.99. The lowest BCUT2D eigenvalue weighted by molar-refractivity contribution is -0.142. The van der Waals surface area contributed by atoms with Gasteiger partial charge in [0.1, 0.15) is 71.8 Å². The number of nitrogens with zero attached hydrogens (tertiary/aromatic N) is 5. The quantitative estimate of drug-likeness (QED) is 0.0243. The molecule has 0 spiro atoms. The van der Waals surface area contributed by atoms with E-state index in [-0.39, 0.29) is 113 Å². The van der Waals surface area contributed by atoms with Crippen LogP contribution in [0.15, 0.2) is 164 Å². The van der Waals surface area contributed by atoms with Crippen LogP contribution >= 0.6 is 11.6 Å². The fraction of sp³-hybridized carbons (Fsp3) is 0.420. The summed E-state index contributed by atoms with van der Waals surface area (Å²) in [5.41, 5.74) is 8.04. The van der Waals surface area contributed by atoms with Crippen LogP contribution < -0.4 is 69.5 Å². The Morgan fingerprint density at radius 3 is 1.61 bits per heavy atom. The molecule has 1 aliphatic heterocycles. The predicted molar refractivity (Wildman–Crippen MR) is 457 cm³/mol. The van der Waals surface area contributed by atoms with Gasteiger partial charge < -0.3 is 84.4 Å². The minimum Gasteiger partial charge on any atom is -0.394 e. The van der Waals surface area contributed by atoms with E-state index in [9.17, 15) is 53.1 Å². The van der Waals surface area contributed by atoms with Crippen molar-refractivity contribution in [2.75, 3.05) is 45.2 Å². The minimum absolute atomic E-state index is 0.0148. The molecule has 650 valence electrons. The molecule has 1 fully saturated rings. The van der Waals surface area contributed by atoms with Gasteiger partial charge >= 0.3 is 0 Å². The van der Waals surface area contributed by atoms with Gasteiger partial charge in [-0.3, -0.25) is 82.1 Å². The number of likely N-dealkylation sites (tertiary alicyclic amines) is 1. The molecular weight excluding hydrogens is 1580 g/mol. The molecule has 1 aliphatic rings. The lowest BCUT2D eigenvalue weighted by Crippen LogP contribution is -2.61. The molecule has 0 bridgehead atoms. The number of nitrogens with two attached hydrogens (primary N) is 1. The number of halogens is 1. The number of amides is 14. The number of benzene rings is 4. The number of carbonyl (C=O) groups is 14. The maximum atomic E-state index is 15.4. The van der Waals surface area contributed by atoms with Gasteiger partial charge in [-0.1, -0.05) is 124 Å². The van der Waals surface area contributed by atoms with Gasteiger partial charge in [-0.05, 0) is 165 Å². The Morgan fingerprint density at radius 1 is 0.525 bits per heavy atom. The fourth-order valence-corrected chi connectivity index (χ4v) is 13.9. The van der Waals surface area contributed by atoms with E-state index < -0.39 is 150 Å². The zero-order valence-corrected chi connectivity index (χ0v) is 70.4. The normalized spacial score (nSPS) is 14.6. The molecule has 34 heteroatoms. The van der Waals surface area contributed by atoms with Crippen LogP contribution in [0.5, 0.6) is 0 Å². The molecule has 33 nitrogen and oxygen atoms in total. The number of anilines is 1. The average molecular weight is 1700 g/mol. The molecule has 0 unspecified atom stereocenters. The zero-order valence-electron chi connectivity index (χ0n) is 69.6. The molecule has 4 aromatic carbocycles. The van der Waals surface area contributed by atoms with Crippen LogP contribution in [0.4, 0.5) is 5.69 Å². The minimum atomic E-state index is -1.87. The van der Waals surface area contributed by atoms with E-state index in [1.54, 1.807) is 86.6 Å². The van der Waals surface area contributed by atoms with E-state index in [0.717, 1.165) is 10.8 Å². The Bertz CT molecular complexity index is 4730. The third-order valence-electron chi connectivity index (χ3n) is 20.3. The molecular formula is C88H111ClN18O15. The van der Waals surface area contributed by atoms with Gasteiger partial charge in [0.25, 0.3) is 11.8 Å². The molecule has 8 rings (SSSR count).